The van der Waals surface area contributed by atoms with Gasteiger partial charge in [0.1, 0.15) is 5.75 Å². The number of likely N-dealkylation sites (tertiary alicyclic amines) is 1. The molecule has 0 bridgehead atoms. The summed E-state index contributed by atoms with van der Waals surface area (Å²) in [7, 11) is -0.798. The van der Waals surface area contributed by atoms with Crippen LogP contribution in [0.15, 0.2) is 59.9 Å². The lowest BCUT2D eigenvalue weighted by Gasteiger charge is -2.33. The van der Waals surface area contributed by atoms with Crippen molar-refractivity contribution in [3.63, 3.8) is 0 Å². The highest BCUT2D eigenvalue weighted by Gasteiger charge is 2.20. The van der Waals surface area contributed by atoms with E-state index < -0.39 is 15.8 Å². The Hall–Kier alpha value is -3.90. The van der Waals surface area contributed by atoms with Gasteiger partial charge in [0, 0.05) is 49.5 Å². The number of rotatable bonds is 11. The molecule has 10 nitrogen and oxygen atoms in total. The average Bonchev–Trinajstić information content (AvgIpc) is 3.40. The predicted molar refractivity (Wildman–Crippen MR) is 154 cm³/mol. The number of hydrogen-bond donors (Lipinski definition) is 1. The van der Waals surface area contributed by atoms with Crippen LogP contribution in [0.2, 0.25) is 0 Å². The maximum Gasteiger partial charge on any atom is 0.281 e. The molecule has 2 aromatic heterocycles. The second kappa shape index (κ2) is 12.3. The van der Waals surface area contributed by atoms with Gasteiger partial charge in [-0.25, -0.2) is 4.39 Å². The number of halogens is 1. The average molecular weight is 584 g/mol. The highest BCUT2D eigenvalue weighted by atomic mass is 32.2. The molecule has 12 heteroatoms. The van der Waals surface area contributed by atoms with E-state index in [0.717, 1.165) is 25.6 Å². The van der Waals surface area contributed by atoms with Gasteiger partial charge in [0.15, 0.2) is 28.1 Å². The van der Waals surface area contributed by atoms with Crippen LogP contribution >= 0.6 is 0 Å². The number of anilines is 1. The number of nitrogens with zero attached hydrogens (tertiary/aromatic N) is 4. The van der Waals surface area contributed by atoms with E-state index in [2.05, 4.69) is 26.6 Å². The molecule has 5 rings (SSSR count). The van der Waals surface area contributed by atoms with E-state index in [4.69, 9.17) is 14.2 Å². The van der Waals surface area contributed by atoms with Crippen molar-refractivity contribution in [2.45, 2.75) is 43.7 Å². The number of fused-ring (bicyclic) bond motifs is 1. The summed E-state index contributed by atoms with van der Waals surface area (Å²) in [6.45, 7) is 4.95. The molecule has 1 atom stereocenters. The molecule has 2 aromatic carbocycles. The Bertz CT molecular complexity index is 1630. The van der Waals surface area contributed by atoms with Crippen LogP contribution < -0.4 is 18.9 Å². The van der Waals surface area contributed by atoms with E-state index in [0.29, 0.717) is 40.8 Å². The number of methoxy groups -OCH3 is 1. The smallest absolute Gasteiger partial charge is 0.281 e. The van der Waals surface area contributed by atoms with Gasteiger partial charge in [-0.2, -0.15) is 13.5 Å². The summed E-state index contributed by atoms with van der Waals surface area (Å²) in [5, 5.41) is 4.33. The Kier molecular flexibility index (Phi) is 8.60. The molecule has 1 aliphatic heterocycles. The molecule has 0 spiro atoms. The molecule has 1 saturated heterocycles. The van der Waals surface area contributed by atoms with Crippen LogP contribution in [0, 0.1) is 5.82 Å². The summed E-state index contributed by atoms with van der Waals surface area (Å²) in [6.07, 6.45) is 7.76. The van der Waals surface area contributed by atoms with Gasteiger partial charge >= 0.3 is 0 Å². The van der Waals surface area contributed by atoms with Gasteiger partial charge in [0.25, 0.3) is 10.0 Å². The van der Waals surface area contributed by atoms with Crippen LogP contribution in [0.5, 0.6) is 23.0 Å². The first-order chi connectivity index (χ1) is 19.7. The van der Waals surface area contributed by atoms with Gasteiger partial charge in [-0.15, -0.1) is 0 Å². The van der Waals surface area contributed by atoms with E-state index in [9.17, 15) is 8.42 Å². The molecule has 218 valence electrons. The Labute approximate surface area is 239 Å². The van der Waals surface area contributed by atoms with Crippen molar-refractivity contribution in [2.24, 2.45) is 7.05 Å². The van der Waals surface area contributed by atoms with E-state index in [1.807, 2.05) is 0 Å². The van der Waals surface area contributed by atoms with Crippen LogP contribution in [0.25, 0.3) is 10.9 Å². The van der Waals surface area contributed by atoms with Gasteiger partial charge in [0.2, 0.25) is 0 Å². The van der Waals surface area contributed by atoms with E-state index >= 15 is 4.39 Å². The lowest BCUT2D eigenvalue weighted by molar-refractivity contribution is 0.148. The number of hydrogen-bond acceptors (Lipinski definition) is 8. The number of benzene rings is 2. The topological polar surface area (TPSA) is 108 Å². The van der Waals surface area contributed by atoms with Crippen LogP contribution in [0.4, 0.5) is 10.1 Å². The third kappa shape index (κ3) is 6.71. The Morgan fingerprint density at radius 1 is 1.07 bits per heavy atom. The van der Waals surface area contributed by atoms with Gasteiger partial charge in [-0.1, -0.05) is 6.42 Å². The second-order valence-electron chi connectivity index (χ2n) is 10.1. The lowest BCUT2D eigenvalue weighted by Crippen LogP contribution is -2.38. The fourth-order valence-corrected chi connectivity index (χ4v) is 5.96. The molecule has 0 aliphatic carbocycles. The largest absolute Gasteiger partial charge is 0.493 e. The zero-order chi connectivity index (χ0) is 29.0. The minimum atomic E-state index is -3.96. The first kappa shape index (κ1) is 28.6. The summed E-state index contributed by atoms with van der Waals surface area (Å²) in [6, 6.07) is 11.0. The van der Waals surface area contributed by atoms with Crippen molar-refractivity contribution in [1.29, 1.82) is 0 Å². The molecular weight excluding hydrogens is 549 g/mol. The third-order valence-electron chi connectivity index (χ3n) is 7.14. The van der Waals surface area contributed by atoms with Crippen molar-refractivity contribution < 1.29 is 27.0 Å². The first-order valence-corrected chi connectivity index (χ1v) is 15.1. The summed E-state index contributed by atoms with van der Waals surface area (Å²) in [4.78, 5) is 6.95. The fourth-order valence-electron chi connectivity index (χ4n) is 4.94. The van der Waals surface area contributed by atoms with Crippen molar-refractivity contribution in [2.75, 3.05) is 31.5 Å². The quantitative estimate of drug-likeness (QED) is 0.236. The number of ether oxygens (including phenoxy) is 3. The van der Waals surface area contributed by atoms with Crippen LogP contribution in [-0.2, 0) is 17.1 Å². The highest BCUT2D eigenvalue weighted by molar-refractivity contribution is 7.92. The monoisotopic (exact) mass is 583 g/mol. The molecule has 0 radical (unpaired) electrons. The lowest BCUT2D eigenvalue weighted by atomic mass is 10.0. The Morgan fingerprint density at radius 2 is 1.93 bits per heavy atom. The zero-order valence-corrected chi connectivity index (χ0v) is 24.2. The molecular formula is C29H34FN5O5S. The van der Waals surface area contributed by atoms with Crippen LogP contribution in [0.1, 0.15) is 32.6 Å². The second-order valence-corrected chi connectivity index (χ2v) is 11.7. The van der Waals surface area contributed by atoms with Gasteiger partial charge < -0.3 is 19.1 Å². The van der Waals surface area contributed by atoms with Crippen molar-refractivity contribution in [1.82, 2.24) is 19.7 Å². The number of pyridine rings is 1. The van der Waals surface area contributed by atoms with E-state index in [1.165, 1.54) is 48.3 Å². The maximum atomic E-state index is 15.0. The van der Waals surface area contributed by atoms with Crippen molar-refractivity contribution in [3.8, 4) is 23.0 Å². The van der Waals surface area contributed by atoms with Gasteiger partial charge in [0.05, 0.1) is 24.9 Å². The maximum absolute atomic E-state index is 15.0. The molecule has 41 heavy (non-hydrogen) atoms. The number of nitrogens with one attached hydrogen (secondary N) is 1. The standard InChI is InChI=1S/C29H34FN5O5S/c1-20-7-4-5-13-35(20)14-6-16-39-28-19-24-22(18-27(28)38-3)25(10-12-31-24)40-26-9-8-21(17-23(26)30)33-41(36,37)29-11-15-34(2)32-29/h8-12,15,17-20,33H,4-7,13-14,16H2,1-3H3. The van der Waals surface area contributed by atoms with Crippen molar-refractivity contribution >= 4 is 26.6 Å². The van der Waals surface area contributed by atoms with E-state index in [-0.39, 0.29) is 16.5 Å². The number of aromatic nitrogens is 3. The molecule has 4 aromatic rings. The van der Waals surface area contributed by atoms with Crippen molar-refractivity contribution in [3.05, 3.63) is 60.7 Å². The van der Waals surface area contributed by atoms with Crippen LogP contribution in [0.3, 0.4) is 0 Å². The molecule has 1 fully saturated rings. The summed E-state index contributed by atoms with van der Waals surface area (Å²) in [5.74, 6) is 0.629. The number of aryl methyl sites for hydroxylation is 1. The van der Waals surface area contributed by atoms with Gasteiger partial charge in [-0.05, 0) is 63.1 Å². The van der Waals surface area contributed by atoms with Crippen LogP contribution in [-0.4, -0.2) is 60.9 Å². The Morgan fingerprint density at radius 3 is 2.66 bits per heavy atom. The predicted octanol–water partition coefficient (Wildman–Crippen LogP) is 5.35. The molecule has 0 saturated carbocycles. The van der Waals surface area contributed by atoms with Gasteiger partial charge in [-0.3, -0.25) is 14.4 Å². The first-order valence-electron chi connectivity index (χ1n) is 13.6. The molecule has 1 unspecified atom stereocenters. The summed E-state index contributed by atoms with van der Waals surface area (Å²) < 4.78 is 61.3. The zero-order valence-electron chi connectivity index (χ0n) is 23.3. The van der Waals surface area contributed by atoms with E-state index in [1.54, 1.807) is 38.6 Å². The molecule has 1 aliphatic rings. The Balaban J connectivity index is 1.29. The molecule has 1 N–H and O–H groups in total. The normalized spacial score (nSPS) is 16.0. The molecule has 0 amide bonds. The fraction of sp³-hybridized carbons (Fsp3) is 0.379. The summed E-state index contributed by atoms with van der Waals surface area (Å²) >= 11 is 0. The number of sulfonamides is 1. The number of piperidine rings is 1. The SMILES string of the molecule is COc1cc2c(Oc3ccc(NS(=O)(=O)c4ccn(C)n4)cc3F)ccnc2cc1OCCCN1CCCCC1C. The minimum Gasteiger partial charge on any atom is -0.493 e. The minimum absolute atomic E-state index is 0.0401. The highest BCUT2D eigenvalue weighted by Crippen LogP contribution is 2.38. The third-order valence-corrected chi connectivity index (χ3v) is 8.42. The molecule has 3 heterocycles. The summed E-state index contributed by atoms with van der Waals surface area (Å²) in [5.41, 5.74) is 0.640.